The van der Waals surface area contributed by atoms with Crippen LogP contribution in [0.1, 0.15) is 11.3 Å². The second kappa shape index (κ2) is 7.73. The zero-order valence-corrected chi connectivity index (χ0v) is 17.7. The van der Waals surface area contributed by atoms with Gasteiger partial charge in [-0.15, -0.1) is 0 Å². The third kappa shape index (κ3) is 3.65. The lowest BCUT2D eigenvalue weighted by molar-refractivity contribution is -0.0436. The van der Waals surface area contributed by atoms with E-state index in [9.17, 15) is 35.9 Å². The summed E-state index contributed by atoms with van der Waals surface area (Å²) >= 11 is 0. The maximum Gasteiger partial charge on any atom is 0.501 e. The second-order valence-electron chi connectivity index (χ2n) is 7.16. The number of alkyl halides is 3. The molecule has 33 heavy (non-hydrogen) atoms. The zero-order chi connectivity index (χ0) is 24.1. The van der Waals surface area contributed by atoms with E-state index in [0.29, 0.717) is 23.2 Å². The Hall–Kier alpha value is -3.67. The van der Waals surface area contributed by atoms with Crippen LogP contribution in [0.5, 0.6) is 5.88 Å². The van der Waals surface area contributed by atoms with E-state index in [-0.39, 0.29) is 23.3 Å². The Kier molecular flexibility index (Phi) is 5.27. The third-order valence-corrected chi connectivity index (χ3v) is 6.71. The van der Waals surface area contributed by atoms with Crippen LogP contribution in [0, 0.1) is 12.7 Å². The molecular formula is C21H15F4N3O4S. The van der Waals surface area contributed by atoms with Crippen molar-refractivity contribution in [2.24, 2.45) is 0 Å². The predicted molar refractivity (Wildman–Crippen MR) is 110 cm³/mol. The molecule has 2 heterocycles. The van der Waals surface area contributed by atoms with Crippen molar-refractivity contribution in [3.8, 4) is 11.6 Å². The van der Waals surface area contributed by atoms with E-state index in [4.69, 9.17) is 0 Å². The fourth-order valence-corrected chi connectivity index (χ4v) is 4.26. The van der Waals surface area contributed by atoms with Crippen molar-refractivity contribution in [3.63, 3.8) is 0 Å². The van der Waals surface area contributed by atoms with Gasteiger partial charge >= 0.3 is 11.2 Å². The first-order valence-corrected chi connectivity index (χ1v) is 10.9. The molecule has 172 valence electrons. The van der Waals surface area contributed by atoms with Crippen LogP contribution in [-0.2, 0) is 16.4 Å². The Labute approximate surface area is 184 Å². The number of rotatable bonds is 4. The smallest absolute Gasteiger partial charge is 0.493 e. The summed E-state index contributed by atoms with van der Waals surface area (Å²) < 4.78 is 77.8. The summed E-state index contributed by atoms with van der Waals surface area (Å²) in [4.78, 5) is 16.1. The van der Waals surface area contributed by atoms with E-state index in [2.05, 4.69) is 4.98 Å². The van der Waals surface area contributed by atoms with Gasteiger partial charge in [0, 0.05) is 11.6 Å². The van der Waals surface area contributed by atoms with Crippen molar-refractivity contribution in [1.29, 1.82) is 0 Å². The van der Waals surface area contributed by atoms with Gasteiger partial charge in [-0.2, -0.15) is 13.2 Å². The lowest BCUT2D eigenvalue weighted by atomic mass is 10.1. The van der Waals surface area contributed by atoms with E-state index in [1.165, 1.54) is 31.3 Å². The van der Waals surface area contributed by atoms with Gasteiger partial charge in [0.1, 0.15) is 5.82 Å². The third-order valence-electron chi connectivity index (χ3n) is 5.20. The van der Waals surface area contributed by atoms with E-state index in [1.54, 1.807) is 6.07 Å². The summed E-state index contributed by atoms with van der Waals surface area (Å²) in [7, 11) is -5.56. The molecular weight excluding hydrogens is 466 g/mol. The first-order valence-electron chi connectivity index (χ1n) is 9.38. The molecule has 2 aromatic carbocycles. The van der Waals surface area contributed by atoms with Crippen molar-refractivity contribution < 1.29 is 31.1 Å². The average Bonchev–Trinajstić information content (AvgIpc) is 2.96. The van der Waals surface area contributed by atoms with Crippen molar-refractivity contribution >= 4 is 20.7 Å². The Morgan fingerprint density at radius 3 is 2.36 bits per heavy atom. The summed E-state index contributed by atoms with van der Waals surface area (Å²) in [5.41, 5.74) is -5.36. The van der Waals surface area contributed by atoms with Crippen LogP contribution in [0.2, 0.25) is 0 Å². The number of hydrogen-bond acceptors (Lipinski definition) is 5. The summed E-state index contributed by atoms with van der Waals surface area (Å²) in [5.74, 6) is -1.03. The maximum atomic E-state index is 14.4. The summed E-state index contributed by atoms with van der Waals surface area (Å²) in [6, 6.07) is 9.24. The molecule has 0 aliphatic rings. The van der Waals surface area contributed by atoms with Crippen molar-refractivity contribution in [3.05, 3.63) is 82.3 Å². The van der Waals surface area contributed by atoms with Crippen LogP contribution in [0.3, 0.4) is 0 Å². The summed E-state index contributed by atoms with van der Waals surface area (Å²) in [6.45, 7) is 1.32. The Bertz CT molecular complexity index is 1530. The molecule has 0 aliphatic carbocycles. The van der Waals surface area contributed by atoms with Crippen molar-refractivity contribution in [2.45, 2.75) is 23.9 Å². The average molecular weight is 481 g/mol. The molecule has 0 bridgehead atoms. The fraction of sp³-hybridized carbons (Fsp3) is 0.143. The molecule has 4 rings (SSSR count). The molecule has 0 amide bonds. The normalized spacial score (nSPS) is 12.4. The quantitative estimate of drug-likeness (QED) is 0.449. The van der Waals surface area contributed by atoms with Crippen molar-refractivity contribution in [2.75, 3.05) is 0 Å². The maximum absolute atomic E-state index is 14.4. The fourth-order valence-electron chi connectivity index (χ4n) is 3.50. The van der Waals surface area contributed by atoms with Crippen LogP contribution in [-0.4, -0.2) is 33.2 Å². The number of imidazole rings is 1. The summed E-state index contributed by atoms with van der Waals surface area (Å²) in [5, 5.41) is 10.7. The van der Waals surface area contributed by atoms with Crippen LogP contribution in [0.25, 0.3) is 16.6 Å². The minimum atomic E-state index is -5.56. The number of nitrogens with zero attached hydrogens (tertiary/aromatic N) is 3. The van der Waals surface area contributed by atoms with Gasteiger partial charge in [0.05, 0.1) is 28.3 Å². The molecule has 1 N–H and O–H groups in total. The number of benzene rings is 2. The monoisotopic (exact) mass is 481 g/mol. The first kappa shape index (κ1) is 22.5. The van der Waals surface area contributed by atoms with Crippen LogP contribution < -0.4 is 5.69 Å². The highest BCUT2D eigenvalue weighted by atomic mass is 32.2. The Morgan fingerprint density at radius 2 is 1.73 bits per heavy atom. The van der Waals surface area contributed by atoms with E-state index < -0.39 is 37.6 Å². The molecule has 4 aromatic rings. The van der Waals surface area contributed by atoms with Crippen LogP contribution in [0.15, 0.2) is 64.4 Å². The number of halogens is 4. The standard InChI is InChI=1S/C21H15F4N3O4S/c1-12-19(29)28(14-5-7-15(8-6-14)33(31,32)21(23,24)25)20(30)27(12)11-13-9-10-26-17-4-2-3-16(22)18(13)17/h2-10,29H,11H2,1H3. The lowest BCUT2D eigenvalue weighted by Gasteiger charge is -2.09. The van der Waals surface area contributed by atoms with Crippen LogP contribution >= 0.6 is 0 Å². The minimum absolute atomic E-state index is 0.0498. The number of sulfone groups is 1. The largest absolute Gasteiger partial charge is 0.501 e. The van der Waals surface area contributed by atoms with E-state index in [0.717, 1.165) is 21.3 Å². The first-order chi connectivity index (χ1) is 15.4. The molecule has 7 nitrogen and oxygen atoms in total. The Balaban J connectivity index is 1.79. The van der Waals surface area contributed by atoms with Gasteiger partial charge in [0.25, 0.3) is 9.84 Å². The number of hydrogen-bond donors (Lipinski definition) is 1. The van der Waals surface area contributed by atoms with Gasteiger partial charge in [-0.25, -0.2) is 22.2 Å². The molecule has 0 fully saturated rings. The van der Waals surface area contributed by atoms with Gasteiger partial charge in [0.2, 0.25) is 5.88 Å². The van der Waals surface area contributed by atoms with Crippen LogP contribution in [0.4, 0.5) is 17.6 Å². The number of pyridine rings is 1. The highest BCUT2D eigenvalue weighted by Crippen LogP contribution is 2.31. The minimum Gasteiger partial charge on any atom is -0.493 e. The molecule has 0 saturated heterocycles. The highest BCUT2D eigenvalue weighted by Gasteiger charge is 2.46. The molecule has 0 spiro atoms. The van der Waals surface area contributed by atoms with Crippen molar-refractivity contribution in [1.82, 2.24) is 14.1 Å². The molecule has 0 atom stereocenters. The number of fused-ring (bicyclic) bond motifs is 1. The molecule has 0 radical (unpaired) electrons. The summed E-state index contributed by atoms with van der Waals surface area (Å²) in [6.07, 6.45) is 1.45. The lowest BCUT2D eigenvalue weighted by Crippen LogP contribution is -2.25. The van der Waals surface area contributed by atoms with Gasteiger partial charge in [-0.1, -0.05) is 6.07 Å². The van der Waals surface area contributed by atoms with Gasteiger partial charge in [-0.05, 0) is 55.0 Å². The van der Waals surface area contributed by atoms with E-state index >= 15 is 0 Å². The molecule has 12 heteroatoms. The molecule has 0 aliphatic heterocycles. The van der Waals surface area contributed by atoms with Gasteiger partial charge in [0.15, 0.2) is 0 Å². The number of aromatic hydroxyl groups is 1. The highest BCUT2D eigenvalue weighted by molar-refractivity contribution is 7.92. The van der Waals surface area contributed by atoms with Gasteiger partial charge in [-0.3, -0.25) is 9.55 Å². The van der Waals surface area contributed by atoms with Gasteiger partial charge < -0.3 is 5.11 Å². The molecule has 0 unspecified atom stereocenters. The second-order valence-corrected chi connectivity index (χ2v) is 9.10. The van der Waals surface area contributed by atoms with E-state index in [1.807, 2.05) is 0 Å². The SMILES string of the molecule is Cc1c(O)n(-c2ccc(S(=O)(=O)C(F)(F)F)cc2)c(=O)n1Cc1ccnc2cccc(F)c12. The number of aromatic nitrogens is 3. The zero-order valence-electron chi connectivity index (χ0n) is 16.8. The topological polar surface area (TPSA) is 94.2 Å². The molecule has 0 saturated carbocycles. The Morgan fingerprint density at radius 1 is 1.06 bits per heavy atom. The molecule has 2 aromatic heterocycles. The predicted octanol–water partition coefficient (Wildman–Crippen LogP) is 3.68.